The van der Waals surface area contributed by atoms with Crippen molar-refractivity contribution in [3.05, 3.63) is 32.8 Å². The summed E-state index contributed by atoms with van der Waals surface area (Å²) in [5.41, 5.74) is 1.07. The third-order valence-electron chi connectivity index (χ3n) is 1.76. The maximum atomic E-state index is 10.6. The quantitative estimate of drug-likeness (QED) is 0.590. The molecule has 0 amide bonds. The lowest BCUT2D eigenvalue weighted by Crippen LogP contribution is -1.98. The molecule has 1 N–H and O–H groups in total. The maximum Gasteiger partial charge on any atom is 0.310 e. The molecule has 70 valence electrons. The van der Waals surface area contributed by atoms with E-state index in [-0.39, 0.29) is 10.7 Å². The van der Waals surface area contributed by atoms with Crippen molar-refractivity contribution < 1.29 is 4.92 Å². The zero-order valence-corrected chi connectivity index (χ0v) is 8.05. The van der Waals surface area contributed by atoms with Crippen LogP contribution in [0, 0.1) is 17.0 Å². The van der Waals surface area contributed by atoms with Crippen LogP contribution in [0.4, 0.5) is 11.4 Å². The van der Waals surface area contributed by atoms with Crippen LogP contribution in [0.2, 0.25) is 5.02 Å². The monoisotopic (exact) mass is 200 g/mol. The number of nitro benzene ring substituents is 1. The molecule has 0 atom stereocenters. The Bertz CT molecular complexity index is 352. The lowest BCUT2D eigenvalue weighted by Gasteiger charge is -2.04. The maximum absolute atomic E-state index is 10.6. The molecular formula is C8H9ClN2O2. The van der Waals surface area contributed by atoms with Gasteiger partial charge in [0.25, 0.3) is 0 Å². The SMILES string of the molecule is CNc1ccc(C)c(Cl)c1[N+](=O)[O-]. The fourth-order valence-electron chi connectivity index (χ4n) is 1.05. The summed E-state index contributed by atoms with van der Waals surface area (Å²) in [6, 6.07) is 3.38. The minimum Gasteiger partial charge on any atom is -0.383 e. The normalized spacial score (nSPS) is 9.77. The molecule has 0 bridgehead atoms. The second-order valence-corrected chi connectivity index (χ2v) is 2.98. The van der Waals surface area contributed by atoms with Gasteiger partial charge in [-0.05, 0) is 18.6 Å². The summed E-state index contributed by atoms with van der Waals surface area (Å²) in [5.74, 6) is 0. The van der Waals surface area contributed by atoms with Crippen LogP contribution in [0.5, 0.6) is 0 Å². The van der Waals surface area contributed by atoms with E-state index in [1.54, 1.807) is 26.1 Å². The van der Waals surface area contributed by atoms with Gasteiger partial charge >= 0.3 is 5.69 Å². The number of benzene rings is 1. The molecule has 1 aromatic carbocycles. The Morgan fingerprint density at radius 3 is 2.62 bits per heavy atom. The van der Waals surface area contributed by atoms with E-state index in [0.29, 0.717) is 11.3 Å². The number of anilines is 1. The Labute approximate surface area is 80.7 Å². The zero-order chi connectivity index (χ0) is 10.0. The molecule has 0 aliphatic rings. The van der Waals surface area contributed by atoms with Gasteiger partial charge < -0.3 is 5.32 Å². The number of hydrogen-bond acceptors (Lipinski definition) is 3. The fourth-order valence-corrected chi connectivity index (χ4v) is 1.28. The second-order valence-electron chi connectivity index (χ2n) is 2.60. The average molecular weight is 201 g/mol. The number of nitrogens with one attached hydrogen (secondary N) is 1. The molecule has 0 saturated carbocycles. The number of nitrogens with zero attached hydrogens (tertiary/aromatic N) is 1. The van der Waals surface area contributed by atoms with E-state index in [2.05, 4.69) is 5.32 Å². The van der Waals surface area contributed by atoms with Gasteiger partial charge in [-0.25, -0.2) is 0 Å². The van der Waals surface area contributed by atoms with Crippen molar-refractivity contribution >= 4 is 23.0 Å². The molecule has 0 aliphatic carbocycles. The van der Waals surface area contributed by atoms with E-state index in [1.807, 2.05) is 0 Å². The summed E-state index contributed by atoms with van der Waals surface area (Å²) in [7, 11) is 1.62. The van der Waals surface area contributed by atoms with Crippen molar-refractivity contribution in [3.63, 3.8) is 0 Å². The zero-order valence-electron chi connectivity index (χ0n) is 7.30. The molecule has 0 radical (unpaired) electrons. The topological polar surface area (TPSA) is 55.2 Å². The standard InChI is InChI=1S/C8H9ClN2O2/c1-5-3-4-6(10-2)8(7(5)9)11(12)13/h3-4,10H,1-2H3. The summed E-state index contributed by atoms with van der Waals surface area (Å²) in [5, 5.41) is 13.5. The molecule has 0 aliphatic heterocycles. The summed E-state index contributed by atoms with van der Waals surface area (Å²) in [6.07, 6.45) is 0. The molecule has 0 heterocycles. The first-order chi connectivity index (χ1) is 6.07. The summed E-state index contributed by atoms with van der Waals surface area (Å²) >= 11 is 5.79. The van der Waals surface area contributed by atoms with Crippen LogP contribution in [-0.2, 0) is 0 Å². The number of hydrogen-bond donors (Lipinski definition) is 1. The third kappa shape index (κ3) is 1.72. The van der Waals surface area contributed by atoms with E-state index < -0.39 is 4.92 Å². The average Bonchev–Trinajstić information content (AvgIpc) is 2.08. The predicted molar refractivity (Wildman–Crippen MR) is 52.4 cm³/mol. The summed E-state index contributed by atoms with van der Waals surface area (Å²) in [6.45, 7) is 1.73. The van der Waals surface area contributed by atoms with Crippen LogP contribution in [0.3, 0.4) is 0 Å². The van der Waals surface area contributed by atoms with Crippen molar-refractivity contribution in [3.8, 4) is 0 Å². The summed E-state index contributed by atoms with van der Waals surface area (Å²) in [4.78, 5) is 10.1. The highest BCUT2D eigenvalue weighted by molar-refractivity contribution is 6.34. The van der Waals surface area contributed by atoms with Crippen LogP contribution in [-0.4, -0.2) is 12.0 Å². The second kappa shape index (κ2) is 3.62. The molecule has 1 rings (SSSR count). The van der Waals surface area contributed by atoms with Gasteiger partial charge in [0, 0.05) is 7.05 Å². The Kier molecular flexibility index (Phi) is 2.72. The third-order valence-corrected chi connectivity index (χ3v) is 2.24. The molecule has 0 fully saturated rings. The molecule has 4 nitrogen and oxygen atoms in total. The van der Waals surface area contributed by atoms with Gasteiger partial charge in [-0.15, -0.1) is 0 Å². The van der Waals surface area contributed by atoms with E-state index >= 15 is 0 Å². The van der Waals surface area contributed by atoms with Gasteiger partial charge in [0.2, 0.25) is 0 Å². The fraction of sp³-hybridized carbons (Fsp3) is 0.250. The first-order valence-corrected chi connectivity index (χ1v) is 4.07. The Morgan fingerprint density at radius 2 is 2.15 bits per heavy atom. The lowest BCUT2D eigenvalue weighted by molar-refractivity contribution is -0.383. The van der Waals surface area contributed by atoms with Gasteiger partial charge in [-0.1, -0.05) is 17.7 Å². The minimum absolute atomic E-state index is 0.0656. The first kappa shape index (κ1) is 9.80. The molecule has 0 aromatic heterocycles. The largest absolute Gasteiger partial charge is 0.383 e. The Hall–Kier alpha value is -1.29. The smallest absolute Gasteiger partial charge is 0.310 e. The van der Waals surface area contributed by atoms with Crippen molar-refractivity contribution in [1.82, 2.24) is 0 Å². The number of aryl methyl sites for hydroxylation is 1. The highest BCUT2D eigenvalue weighted by Crippen LogP contribution is 2.34. The molecule has 0 spiro atoms. The predicted octanol–water partition coefficient (Wildman–Crippen LogP) is 2.60. The Morgan fingerprint density at radius 1 is 1.54 bits per heavy atom. The van der Waals surface area contributed by atoms with Gasteiger partial charge in [0.05, 0.1) is 4.92 Å². The van der Waals surface area contributed by atoms with Gasteiger partial charge in [0.1, 0.15) is 10.7 Å². The molecule has 1 aromatic rings. The van der Waals surface area contributed by atoms with Crippen molar-refractivity contribution in [2.45, 2.75) is 6.92 Å². The van der Waals surface area contributed by atoms with E-state index in [0.717, 1.165) is 0 Å². The molecule has 0 unspecified atom stereocenters. The van der Waals surface area contributed by atoms with Crippen molar-refractivity contribution in [1.29, 1.82) is 0 Å². The van der Waals surface area contributed by atoms with Crippen molar-refractivity contribution in [2.24, 2.45) is 0 Å². The van der Waals surface area contributed by atoms with E-state index in [4.69, 9.17) is 11.6 Å². The first-order valence-electron chi connectivity index (χ1n) is 3.69. The minimum atomic E-state index is -0.485. The highest BCUT2D eigenvalue weighted by atomic mass is 35.5. The van der Waals surface area contributed by atoms with Crippen molar-refractivity contribution in [2.75, 3.05) is 12.4 Å². The van der Waals surface area contributed by atoms with Gasteiger partial charge in [-0.3, -0.25) is 10.1 Å². The van der Waals surface area contributed by atoms with Crippen LogP contribution in [0.1, 0.15) is 5.56 Å². The number of rotatable bonds is 2. The molecule has 13 heavy (non-hydrogen) atoms. The lowest BCUT2D eigenvalue weighted by atomic mass is 10.2. The van der Waals surface area contributed by atoms with Crippen LogP contribution < -0.4 is 5.32 Å². The number of halogens is 1. The van der Waals surface area contributed by atoms with E-state index in [1.165, 1.54) is 0 Å². The summed E-state index contributed by atoms with van der Waals surface area (Å²) < 4.78 is 0. The molecular weight excluding hydrogens is 192 g/mol. The van der Waals surface area contributed by atoms with E-state index in [9.17, 15) is 10.1 Å². The van der Waals surface area contributed by atoms with Crippen LogP contribution >= 0.6 is 11.6 Å². The number of nitro groups is 1. The highest BCUT2D eigenvalue weighted by Gasteiger charge is 2.19. The molecule has 0 saturated heterocycles. The van der Waals surface area contributed by atoms with Gasteiger partial charge in [-0.2, -0.15) is 0 Å². The van der Waals surface area contributed by atoms with Crippen LogP contribution in [0.15, 0.2) is 12.1 Å². The Balaban J connectivity index is 3.41. The van der Waals surface area contributed by atoms with Crippen LogP contribution in [0.25, 0.3) is 0 Å². The van der Waals surface area contributed by atoms with Gasteiger partial charge in [0.15, 0.2) is 0 Å². The molecule has 5 heteroatoms.